The van der Waals surface area contributed by atoms with E-state index in [2.05, 4.69) is 154 Å². The highest BCUT2D eigenvalue weighted by atomic mass is 16.6. The molecule has 0 bridgehead atoms. The highest BCUT2D eigenvalue weighted by Crippen LogP contribution is 2.15. The van der Waals surface area contributed by atoms with Crippen molar-refractivity contribution >= 4 is 17.9 Å². The Morgan fingerprint density at radius 1 is 0.273 bits per heavy atom. The zero-order valence-electron chi connectivity index (χ0n) is 49.9. The summed E-state index contributed by atoms with van der Waals surface area (Å²) in [4.78, 5) is 38.2. The maximum atomic E-state index is 12.8. The van der Waals surface area contributed by atoms with Crippen LogP contribution >= 0.6 is 0 Å². The largest absolute Gasteiger partial charge is 0.462 e. The van der Waals surface area contributed by atoms with E-state index >= 15 is 0 Å². The molecule has 0 aromatic carbocycles. The first kappa shape index (κ1) is 72.5. The van der Waals surface area contributed by atoms with Crippen LogP contribution in [0.15, 0.2) is 134 Å². The van der Waals surface area contributed by atoms with Gasteiger partial charge < -0.3 is 14.2 Å². The first-order chi connectivity index (χ1) is 38.0. The zero-order chi connectivity index (χ0) is 55.7. The number of rotatable bonds is 56. The van der Waals surface area contributed by atoms with E-state index in [4.69, 9.17) is 14.2 Å². The lowest BCUT2D eigenvalue weighted by atomic mass is 10.0. The molecule has 6 heteroatoms. The highest BCUT2D eigenvalue weighted by Gasteiger charge is 2.19. The monoisotopic (exact) mass is 1060 g/mol. The predicted molar refractivity (Wildman–Crippen MR) is 334 cm³/mol. The summed E-state index contributed by atoms with van der Waals surface area (Å²) in [5.74, 6) is -0.924. The minimum absolute atomic E-state index is 0.0907. The van der Waals surface area contributed by atoms with Crippen LogP contribution < -0.4 is 0 Å². The van der Waals surface area contributed by atoms with Gasteiger partial charge in [0.1, 0.15) is 13.2 Å². The Hall–Kier alpha value is -4.45. The minimum atomic E-state index is -0.796. The molecule has 0 fully saturated rings. The second-order valence-electron chi connectivity index (χ2n) is 20.6. The number of hydrogen-bond donors (Lipinski definition) is 0. The molecule has 0 aliphatic heterocycles. The van der Waals surface area contributed by atoms with Gasteiger partial charge in [-0.1, -0.05) is 276 Å². The predicted octanol–water partition coefficient (Wildman–Crippen LogP) is 21.8. The van der Waals surface area contributed by atoms with Gasteiger partial charge in [0.05, 0.1) is 0 Å². The molecule has 0 aromatic rings. The fraction of sp³-hybridized carbons (Fsp3) is 0.648. The van der Waals surface area contributed by atoms with Crippen molar-refractivity contribution in [3.8, 4) is 0 Å². The van der Waals surface area contributed by atoms with Gasteiger partial charge in [-0.15, -0.1) is 0 Å². The molecule has 0 saturated carbocycles. The van der Waals surface area contributed by atoms with Gasteiger partial charge in [-0.05, 0) is 116 Å². The summed E-state index contributed by atoms with van der Waals surface area (Å²) in [5, 5.41) is 0. The van der Waals surface area contributed by atoms with E-state index in [0.29, 0.717) is 19.3 Å². The normalized spacial score (nSPS) is 13.0. The molecule has 0 radical (unpaired) electrons. The van der Waals surface area contributed by atoms with Gasteiger partial charge in [0.25, 0.3) is 0 Å². The van der Waals surface area contributed by atoms with Crippen LogP contribution in [0.3, 0.4) is 0 Å². The third-order valence-electron chi connectivity index (χ3n) is 13.1. The van der Waals surface area contributed by atoms with E-state index in [-0.39, 0.29) is 31.1 Å². The second kappa shape index (κ2) is 64.1. The molecule has 6 nitrogen and oxygen atoms in total. The second-order valence-corrected chi connectivity index (χ2v) is 20.6. The Bertz CT molecular complexity index is 1650. The molecule has 0 rings (SSSR count). The third kappa shape index (κ3) is 62.3. The molecular weight excluding hydrogens is 949 g/mol. The topological polar surface area (TPSA) is 78.9 Å². The van der Waals surface area contributed by atoms with Gasteiger partial charge in [-0.2, -0.15) is 0 Å². The van der Waals surface area contributed by atoms with E-state index < -0.39 is 6.10 Å². The minimum Gasteiger partial charge on any atom is -0.462 e. The Kier molecular flexibility index (Phi) is 60.4. The molecule has 436 valence electrons. The van der Waals surface area contributed by atoms with Gasteiger partial charge in [0.2, 0.25) is 0 Å². The van der Waals surface area contributed by atoms with Crippen LogP contribution in [0, 0.1) is 0 Å². The van der Waals surface area contributed by atoms with Crippen molar-refractivity contribution in [2.24, 2.45) is 0 Å². The van der Waals surface area contributed by atoms with E-state index in [1.165, 1.54) is 77.0 Å². The molecule has 0 amide bonds. The van der Waals surface area contributed by atoms with Crippen molar-refractivity contribution in [3.63, 3.8) is 0 Å². The summed E-state index contributed by atoms with van der Waals surface area (Å²) in [6.07, 6.45) is 90.3. The molecule has 77 heavy (non-hydrogen) atoms. The molecule has 0 aliphatic carbocycles. The first-order valence-corrected chi connectivity index (χ1v) is 31.7. The number of unbranched alkanes of at least 4 members (excludes halogenated alkanes) is 23. The van der Waals surface area contributed by atoms with Crippen LogP contribution in [-0.4, -0.2) is 37.2 Å². The van der Waals surface area contributed by atoms with Crippen LogP contribution in [-0.2, 0) is 28.6 Å². The molecule has 0 aliphatic rings. The van der Waals surface area contributed by atoms with Crippen LogP contribution in [0.1, 0.15) is 278 Å². The molecule has 0 heterocycles. The summed E-state index contributed by atoms with van der Waals surface area (Å²) in [5.41, 5.74) is 0. The van der Waals surface area contributed by atoms with Crippen LogP contribution in [0.25, 0.3) is 0 Å². The number of carbonyl (C=O) groups is 3. The lowest BCUT2D eigenvalue weighted by Crippen LogP contribution is -2.30. The molecular formula is C71H116O6. The van der Waals surface area contributed by atoms with Crippen molar-refractivity contribution in [2.45, 2.75) is 284 Å². The van der Waals surface area contributed by atoms with Crippen molar-refractivity contribution < 1.29 is 28.6 Å². The average molecular weight is 1070 g/mol. The SMILES string of the molecule is CC/C=C\C/C=C\C/C=C\C/C=C\C/C=C\C/C=C\C/C=C\C/C=C\C/C=C\CCCCCCCC(=O)OCC(COC(=O)CCCCCCCCCCCCCC)OC(=O)CCCCCCC/C=C\C/C=C\CCCC. The Labute approximate surface area is 475 Å². The van der Waals surface area contributed by atoms with Gasteiger partial charge in [-0.3, -0.25) is 14.4 Å². The summed E-state index contributed by atoms with van der Waals surface area (Å²) >= 11 is 0. The summed E-state index contributed by atoms with van der Waals surface area (Å²) in [6.45, 7) is 6.46. The maximum absolute atomic E-state index is 12.8. The van der Waals surface area contributed by atoms with Crippen molar-refractivity contribution in [2.75, 3.05) is 13.2 Å². The van der Waals surface area contributed by atoms with E-state index in [1.54, 1.807) is 0 Å². The Morgan fingerprint density at radius 3 is 0.831 bits per heavy atom. The number of ether oxygens (including phenoxy) is 3. The standard InChI is InChI=1S/C71H116O6/c1-4-7-10-13-16-19-22-25-27-28-29-30-31-32-33-34-35-36-37-38-39-40-41-42-43-44-45-47-49-52-55-58-61-64-70(73)76-67-68(66-75-69(72)63-60-57-54-51-48-24-21-18-15-12-9-6-3)77-71(74)65-62-59-56-53-50-46-26-23-20-17-14-11-8-5-2/h7,10,14,16-17,19,23,25-27,29-30,32-33,35-36,38-39,41-42,44-45,68H,4-6,8-9,11-13,15,18,20-22,24,28,31,34,37,40,43,46-67H2,1-3H3/b10-7-,17-14-,19-16-,26-23-,27-25-,30-29-,33-32-,36-35-,39-38-,42-41-,45-44-. The van der Waals surface area contributed by atoms with E-state index in [9.17, 15) is 14.4 Å². The summed E-state index contributed by atoms with van der Waals surface area (Å²) in [7, 11) is 0. The molecule has 0 N–H and O–H groups in total. The molecule has 0 aromatic heterocycles. The van der Waals surface area contributed by atoms with E-state index in [0.717, 1.165) is 161 Å². The Morgan fingerprint density at radius 2 is 0.519 bits per heavy atom. The van der Waals surface area contributed by atoms with Crippen molar-refractivity contribution in [1.29, 1.82) is 0 Å². The first-order valence-electron chi connectivity index (χ1n) is 31.7. The quantitative estimate of drug-likeness (QED) is 0.0261. The van der Waals surface area contributed by atoms with Crippen molar-refractivity contribution in [1.82, 2.24) is 0 Å². The molecule has 0 saturated heterocycles. The Balaban J connectivity index is 4.30. The number of carbonyl (C=O) groups excluding carboxylic acids is 3. The lowest BCUT2D eigenvalue weighted by molar-refractivity contribution is -0.167. The maximum Gasteiger partial charge on any atom is 0.306 e. The third-order valence-corrected chi connectivity index (χ3v) is 13.1. The smallest absolute Gasteiger partial charge is 0.306 e. The van der Waals surface area contributed by atoms with Gasteiger partial charge >= 0.3 is 17.9 Å². The fourth-order valence-corrected chi connectivity index (χ4v) is 8.39. The van der Waals surface area contributed by atoms with Crippen molar-refractivity contribution in [3.05, 3.63) is 134 Å². The van der Waals surface area contributed by atoms with Gasteiger partial charge in [0.15, 0.2) is 6.10 Å². The molecule has 1 atom stereocenters. The number of allylic oxidation sites excluding steroid dienone is 22. The van der Waals surface area contributed by atoms with Gasteiger partial charge in [0, 0.05) is 19.3 Å². The summed E-state index contributed by atoms with van der Waals surface area (Å²) in [6, 6.07) is 0. The van der Waals surface area contributed by atoms with Crippen LogP contribution in [0.2, 0.25) is 0 Å². The summed E-state index contributed by atoms with van der Waals surface area (Å²) < 4.78 is 16.9. The number of esters is 3. The molecule has 0 spiro atoms. The molecule has 1 unspecified atom stereocenters. The van der Waals surface area contributed by atoms with E-state index in [1.807, 2.05) is 0 Å². The fourth-order valence-electron chi connectivity index (χ4n) is 8.39. The van der Waals surface area contributed by atoms with Crippen LogP contribution in [0.5, 0.6) is 0 Å². The van der Waals surface area contributed by atoms with Crippen LogP contribution in [0.4, 0.5) is 0 Å². The number of hydrogen-bond acceptors (Lipinski definition) is 6. The zero-order valence-corrected chi connectivity index (χ0v) is 49.9. The highest BCUT2D eigenvalue weighted by molar-refractivity contribution is 5.71. The average Bonchev–Trinajstić information content (AvgIpc) is 3.43. The lowest BCUT2D eigenvalue weighted by Gasteiger charge is -2.18. The van der Waals surface area contributed by atoms with Gasteiger partial charge in [-0.25, -0.2) is 0 Å².